The van der Waals surface area contributed by atoms with Crippen molar-refractivity contribution in [3.63, 3.8) is 0 Å². The number of fused-ring (bicyclic) bond motifs is 1. The van der Waals surface area contributed by atoms with Gasteiger partial charge in [-0.15, -0.1) is 0 Å². The van der Waals surface area contributed by atoms with Crippen LogP contribution < -0.4 is 15.2 Å². The lowest BCUT2D eigenvalue weighted by Crippen LogP contribution is -2.47. The van der Waals surface area contributed by atoms with Crippen LogP contribution in [0.1, 0.15) is 29.2 Å². The SMILES string of the molecule is O=C(O)c1cn(C2CC2)c2cc(N3CCN(c4ccc(Cl)cc4Cl)CC3)c(F)cc2c1=O. The maximum atomic E-state index is 15.1. The van der Waals surface area contributed by atoms with Crippen LogP contribution >= 0.6 is 23.2 Å². The highest BCUT2D eigenvalue weighted by Gasteiger charge is 2.28. The van der Waals surface area contributed by atoms with Crippen molar-refractivity contribution in [3.8, 4) is 0 Å². The summed E-state index contributed by atoms with van der Waals surface area (Å²) in [5.41, 5.74) is 0.888. The number of pyridine rings is 1. The fourth-order valence-electron chi connectivity index (χ4n) is 4.33. The number of hydrogen-bond acceptors (Lipinski definition) is 4. The molecule has 9 heteroatoms. The first kappa shape index (κ1) is 21.1. The van der Waals surface area contributed by atoms with Gasteiger partial charge in [0, 0.05) is 48.8 Å². The summed E-state index contributed by atoms with van der Waals surface area (Å²) >= 11 is 12.3. The van der Waals surface area contributed by atoms with Gasteiger partial charge in [0.2, 0.25) is 5.43 Å². The number of carbonyl (C=O) groups is 1. The minimum absolute atomic E-state index is 0.102. The summed E-state index contributed by atoms with van der Waals surface area (Å²) in [6.45, 7) is 2.43. The molecule has 0 radical (unpaired) electrons. The number of nitrogens with zero attached hydrogens (tertiary/aromatic N) is 3. The summed E-state index contributed by atoms with van der Waals surface area (Å²) in [5.74, 6) is -1.83. The minimum atomic E-state index is -1.30. The smallest absolute Gasteiger partial charge is 0.341 e. The number of anilines is 2. The van der Waals surface area contributed by atoms with E-state index in [2.05, 4.69) is 4.90 Å². The molecule has 1 saturated carbocycles. The van der Waals surface area contributed by atoms with E-state index < -0.39 is 17.2 Å². The van der Waals surface area contributed by atoms with Crippen LogP contribution in [0.3, 0.4) is 0 Å². The normalized spacial score (nSPS) is 16.6. The molecule has 0 spiro atoms. The summed E-state index contributed by atoms with van der Waals surface area (Å²) in [6, 6.07) is 8.38. The Balaban J connectivity index is 1.48. The van der Waals surface area contributed by atoms with Gasteiger partial charge in [-0.3, -0.25) is 4.79 Å². The molecule has 1 aliphatic heterocycles. The lowest BCUT2D eigenvalue weighted by molar-refractivity contribution is 0.0695. The Morgan fingerprint density at radius 3 is 2.25 bits per heavy atom. The first-order valence-electron chi connectivity index (χ1n) is 10.4. The van der Waals surface area contributed by atoms with Crippen LogP contribution in [0, 0.1) is 5.82 Å². The molecular formula is C23H20Cl2FN3O3. The first-order valence-corrected chi connectivity index (χ1v) is 11.2. The van der Waals surface area contributed by atoms with Gasteiger partial charge >= 0.3 is 5.97 Å². The van der Waals surface area contributed by atoms with E-state index in [4.69, 9.17) is 23.2 Å². The molecule has 6 nitrogen and oxygen atoms in total. The van der Waals surface area contributed by atoms with Gasteiger partial charge in [-0.05, 0) is 43.2 Å². The Kier molecular flexibility index (Phi) is 5.26. The number of aromatic carboxylic acids is 1. The monoisotopic (exact) mass is 475 g/mol. The van der Waals surface area contributed by atoms with Crippen LogP contribution in [0.15, 0.2) is 41.3 Å². The van der Waals surface area contributed by atoms with E-state index in [9.17, 15) is 14.7 Å². The van der Waals surface area contributed by atoms with Gasteiger partial charge in [-0.25, -0.2) is 9.18 Å². The van der Waals surface area contributed by atoms with Crippen LogP contribution in [0.2, 0.25) is 10.0 Å². The number of aromatic nitrogens is 1. The van der Waals surface area contributed by atoms with E-state index >= 15 is 4.39 Å². The van der Waals surface area contributed by atoms with Crippen molar-refractivity contribution in [2.75, 3.05) is 36.0 Å². The molecule has 0 bridgehead atoms. The van der Waals surface area contributed by atoms with Crippen molar-refractivity contribution in [1.29, 1.82) is 0 Å². The zero-order valence-corrected chi connectivity index (χ0v) is 18.5. The third kappa shape index (κ3) is 3.69. The Labute approximate surface area is 193 Å². The summed E-state index contributed by atoms with van der Waals surface area (Å²) in [4.78, 5) is 28.2. The number of benzene rings is 2. The van der Waals surface area contributed by atoms with E-state index in [1.165, 1.54) is 12.3 Å². The van der Waals surface area contributed by atoms with Crippen molar-refractivity contribution in [1.82, 2.24) is 4.57 Å². The number of hydrogen-bond donors (Lipinski definition) is 1. The van der Waals surface area contributed by atoms with E-state index in [1.807, 2.05) is 15.5 Å². The van der Waals surface area contributed by atoms with E-state index in [-0.39, 0.29) is 17.0 Å². The number of carboxylic acid groups (broad SMARTS) is 1. The molecule has 3 aromatic rings. The summed E-state index contributed by atoms with van der Waals surface area (Å²) < 4.78 is 16.9. The van der Waals surface area contributed by atoms with Crippen LogP contribution in [0.25, 0.3) is 10.9 Å². The van der Waals surface area contributed by atoms with Crippen LogP contribution in [-0.2, 0) is 0 Å². The second-order valence-electron chi connectivity index (χ2n) is 8.21. The predicted octanol–water partition coefficient (Wildman–Crippen LogP) is 4.81. The van der Waals surface area contributed by atoms with E-state index in [0.717, 1.165) is 18.5 Å². The third-order valence-corrected chi connectivity index (χ3v) is 6.68. The zero-order valence-electron chi connectivity index (χ0n) is 17.0. The molecule has 1 N–H and O–H groups in total. The Bertz CT molecular complexity index is 1300. The highest BCUT2D eigenvalue weighted by molar-refractivity contribution is 6.36. The average Bonchev–Trinajstić information content (AvgIpc) is 3.59. The molecule has 2 aromatic carbocycles. The highest BCUT2D eigenvalue weighted by atomic mass is 35.5. The molecule has 2 aliphatic rings. The number of rotatable bonds is 4. The maximum absolute atomic E-state index is 15.1. The molecule has 5 rings (SSSR count). The highest BCUT2D eigenvalue weighted by Crippen LogP contribution is 2.38. The fraction of sp³-hybridized carbons (Fsp3) is 0.304. The second-order valence-corrected chi connectivity index (χ2v) is 9.05. The fourth-order valence-corrected chi connectivity index (χ4v) is 4.86. The Hall–Kier alpha value is -2.77. The predicted molar refractivity (Wildman–Crippen MR) is 124 cm³/mol. The van der Waals surface area contributed by atoms with Gasteiger partial charge in [-0.2, -0.15) is 0 Å². The second kappa shape index (κ2) is 7.98. The Morgan fingerprint density at radius 2 is 1.66 bits per heavy atom. The molecule has 1 saturated heterocycles. The van der Waals surface area contributed by atoms with E-state index in [1.54, 1.807) is 18.2 Å². The molecule has 0 amide bonds. The van der Waals surface area contributed by atoms with Gasteiger partial charge in [0.05, 0.1) is 21.9 Å². The molecule has 1 aromatic heterocycles. The van der Waals surface area contributed by atoms with Crippen molar-refractivity contribution < 1.29 is 14.3 Å². The summed E-state index contributed by atoms with van der Waals surface area (Å²) in [5, 5.41) is 10.6. The molecule has 0 unspecified atom stereocenters. The van der Waals surface area contributed by atoms with Gasteiger partial charge in [0.1, 0.15) is 11.4 Å². The van der Waals surface area contributed by atoms with Gasteiger partial charge < -0.3 is 19.5 Å². The van der Waals surface area contributed by atoms with Gasteiger partial charge in [0.25, 0.3) is 0 Å². The largest absolute Gasteiger partial charge is 0.477 e. The van der Waals surface area contributed by atoms with Crippen molar-refractivity contribution in [2.45, 2.75) is 18.9 Å². The average molecular weight is 476 g/mol. The van der Waals surface area contributed by atoms with E-state index in [0.29, 0.717) is 47.4 Å². The van der Waals surface area contributed by atoms with Crippen LogP contribution in [0.5, 0.6) is 0 Å². The number of piperazine rings is 1. The lowest BCUT2D eigenvalue weighted by atomic mass is 10.1. The summed E-state index contributed by atoms with van der Waals surface area (Å²) in [7, 11) is 0. The molecule has 2 fully saturated rings. The van der Waals surface area contributed by atoms with Crippen LogP contribution in [-0.4, -0.2) is 41.8 Å². The van der Waals surface area contributed by atoms with Crippen molar-refractivity contribution in [3.05, 3.63) is 68.2 Å². The first-order chi connectivity index (χ1) is 15.3. The third-order valence-electron chi connectivity index (χ3n) is 6.14. The number of carboxylic acids is 1. The van der Waals surface area contributed by atoms with Crippen molar-refractivity contribution >= 4 is 51.4 Å². The van der Waals surface area contributed by atoms with Gasteiger partial charge in [-0.1, -0.05) is 23.2 Å². The zero-order chi connectivity index (χ0) is 22.6. The minimum Gasteiger partial charge on any atom is -0.477 e. The lowest BCUT2D eigenvalue weighted by Gasteiger charge is -2.38. The standard InChI is InChI=1S/C23H20Cl2FN3O3/c24-13-1-4-19(17(25)9-13)27-5-7-28(8-6-27)21-11-20-15(10-18(21)26)22(30)16(23(31)32)12-29(20)14-2-3-14/h1,4,9-12,14H,2-3,5-8H2,(H,31,32). The molecular weight excluding hydrogens is 456 g/mol. The van der Waals surface area contributed by atoms with Gasteiger partial charge in [0.15, 0.2) is 0 Å². The maximum Gasteiger partial charge on any atom is 0.341 e. The molecule has 2 heterocycles. The molecule has 1 aliphatic carbocycles. The van der Waals surface area contributed by atoms with Crippen molar-refractivity contribution in [2.24, 2.45) is 0 Å². The number of halogens is 3. The topological polar surface area (TPSA) is 65.8 Å². The Morgan fingerprint density at radius 1 is 1.00 bits per heavy atom. The molecule has 32 heavy (non-hydrogen) atoms. The quantitative estimate of drug-likeness (QED) is 0.586. The van der Waals surface area contributed by atoms with Crippen LogP contribution in [0.4, 0.5) is 15.8 Å². The molecule has 166 valence electrons. The molecule has 0 atom stereocenters. The summed E-state index contributed by atoms with van der Waals surface area (Å²) in [6.07, 6.45) is 3.21.